The highest BCUT2D eigenvalue weighted by Crippen LogP contribution is 2.29. The fourth-order valence-corrected chi connectivity index (χ4v) is 2.28. The zero-order valence-electron chi connectivity index (χ0n) is 13.0. The number of nitro groups is 1. The highest BCUT2D eigenvalue weighted by molar-refractivity contribution is 5.65. The van der Waals surface area contributed by atoms with Crippen molar-refractivity contribution in [3.8, 4) is 11.8 Å². The van der Waals surface area contributed by atoms with Crippen LogP contribution in [0.1, 0.15) is 18.1 Å². The van der Waals surface area contributed by atoms with Crippen molar-refractivity contribution in [1.29, 1.82) is 5.26 Å². The third-order valence-electron chi connectivity index (χ3n) is 3.37. The predicted molar refractivity (Wildman–Crippen MR) is 87.5 cm³/mol. The van der Waals surface area contributed by atoms with Gasteiger partial charge in [0.15, 0.2) is 0 Å². The van der Waals surface area contributed by atoms with E-state index in [4.69, 9.17) is 10.00 Å². The Hall–Kier alpha value is -3.07. The Morgan fingerprint density at radius 2 is 1.96 bits per heavy atom. The van der Waals surface area contributed by atoms with Gasteiger partial charge in [-0.25, -0.2) is 0 Å². The monoisotopic (exact) mass is 311 g/mol. The second kappa shape index (κ2) is 7.27. The van der Waals surface area contributed by atoms with Gasteiger partial charge in [0.2, 0.25) is 0 Å². The molecule has 0 radical (unpaired) electrons. The van der Waals surface area contributed by atoms with Crippen LogP contribution in [0.4, 0.5) is 11.4 Å². The van der Waals surface area contributed by atoms with Crippen molar-refractivity contribution >= 4 is 11.4 Å². The fraction of sp³-hybridized carbons (Fsp3) is 0.235. The summed E-state index contributed by atoms with van der Waals surface area (Å²) in [7, 11) is 1.78. The van der Waals surface area contributed by atoms with Crippen LogP contribution in [0.15, 0.2) is 42.5 Å². The lowest BCUT2D eigenvalue weighted by Crippen LogP contribution is -2.17. The Bertz CT molecular complexity index is 736. The van der Waals surface area contributed by atoms with Crippen LogP contribution in [0.25, 0.3) is 0 Å². The minimum absolute atomic E-state index is 0.0718. The molecule has 0 aliphatic heterocycles. The fourth-order valence-electron chi connectivity index (χ4n) is 2.28. The molecule has 2 rings (SSSR count). The molecule has 0 unspecified atom stereocenters. The highest BCUT2D eigenvalue weighted by atomic mass is 16.6. The molecule has 0 aromatic heterocycles. The maximum absolute atomic E-state index is 11.2. The normalized spacial score (nSPS) is 9.96. The quantitative estimate of drug-likeness (QED) is 0.602. The van der Waals surface area contributed by atoms with Crippen LogP contribution >= 0.6 is 0 Å². The van der Waals surface area contributed by atoms with E-state index in [1.165, 1.54) is 6.07 Å². The Balaban J connectivity index is 2.21. The van der Waals surface area contributed by atoms with Crippen LogP contribution in [-0.2, 0) is 6.54 Å². The number of rotatable bonds is 6. The predicted octanol–water partition coefficient (Wildman–Crippen LogP) is 3.50. The van der Waals surface area contributed by atoms with Crippen molar-refractivity contribution in [3.63, 3.8) is 0 Å². The first kappa shape index (κ1) is 16.3. The lowest BCUT2D eigenvalue weighted by molar-refractivity contribution is -0.384. The van der Waals surface area contributed by atoms with E-state index < -0.39 is 4.92 Å². The van der Waals surface area contributed by atoms with E-state index in [1.54, 1.807) is 24.1 Å². The third kappa shape index (κ3) is 3.98. The van der Waals surface area contributed by atoms with Gasteiger partial charge in [-0.05, 0) is 36.8 Å². The molecule has 0 aliphatic carbocycles. The molecule has 0 atom stereocenters. The Labute approximate surface area is 134 Å². The molecule has 0 saturated heterocycles. The Morgan fingerprint density at radius 3 is 2.52 bits per heavy atom. The summed E-state index contributed by atoms with van der Waals surface area (Å²) in [4.78, 5) is 12.5. The van der Waals surface area contributed by atoms with E-state index in [9.17, 15) is 10.1 Å². The number of benzene rings is 2. The molecular weight excluding hydrogens is 294 g/mol. The molecule has 0 saturated carbocycles. The van der Waals surface area contributed by atoms with Crippen molar-refractivity contribution in [2.45, 2.75) is 13.5 Å². The molecule has 6 heteroatoms. The lowest BCUT2D eigenvalue weighted by atomic mass is 10.1. The molecule has 118 valence electrons. The maximum atomic E-state index is 11.2. The zero-order chi connectivity index (χ0) is 16.8. The van der Waals surface area contributed by atoms with Gasteiger partial charge in [-0.3, -0.25) is 10.1 Å². The summed E-state index contributed by atoms with van der Waals surface area (Å²) in [5.74, 6) is 0.795. The van der Waals surface area contributed by atoms with Crippen LogP contribution in [0.2, 0.25) is 0 Å². The molecule has 0 heterocycles. The van der Waals surface area contributed by atoms with Crippen LogP contribution in [0.5, 0.6) is 5.75 Å². The number of nitrogens with zero attached hydrogens (tertiary/aromatic N) is 3. The van der Waals surface area contributed by atoms with E-state index >= 15 is 0 Å². The molecule has 0 amide bonds. The molecule has 6 nitrogen and oxygen atoms in total. The molecule has 2 aromatic rings. The number of hydrogen-bond donors (Lipinski definition) is 0. The molecule has 0 aliphatic rings. The number of nitriles is 1. The molecule has 0 N–H and O–H groups in total. The average molecular weight is 311 g/mol. The molecule has 2 aromatic carbocycles. The van der Waals surface area contributed by atoms with Gasteiger partial charge in [0.05, 0.1) is 23.2 Å². The van der Waals surface area contributed by atoms with Crippen LogP contribution < -0.4 is 9.64 Å². The lowest BCUT2D eigenvalue weighted by Gasteiger charge is -2.19. The van der Waals surface area contributed by atoms with E-state index in [1.807, 2.05) is 37.3 Å². The second-order valence-corrected chi connectivity index (χ2v) is 5.01. The summed E-state index contributed by atoms with van der Waals surface area (Å²) in [5, 5.41) is 20.1. The number of nitro benzene ring substituents is 1. The largest absolute Gasteiger partial charge is 0.494 e. The van der Waals surface area contributed by atoms with Crippen molar-refractivity contribution in [1.82, 2.24) is 0 Å². The van der Waals surface area contributed by atoms with Gasteiger partial charge in [-0.2, -0.15) is 5.26 Å². The minimum atomic E-state index is -0.467. The summed E-state index contributed by atoms with van der Waals surface area (Å²) < 4.78 is 5.39. The van der Waals surface area contributed by atoms with Gasteiger partial charge in [0.25, 0.3) is 5.69 Å². The summed E-state index contributed by atoms with van der Waals surface area (Å²) in [6, 6.07) is 14.0. The first-order valence-electron chi connectivity index (χ1n) is 7.16. The van der Waals surface area contributed by atoms with Gasteiger partial charge >= 0.3 is 0 Å². The number of hydrogen-bond acceptors (Lipinski definition) is 5. The van der Waals surface area contributed by atoms with Crippen molar-refractivity contribution in [2.75, 3.05) is 18.6 Å². The van der Waals surface area contributed by atoms with Gasteiger partial charge in [0.1, 0.15) is 11.4 Å². The van der Waals surface area contributed by atoms with Gasteiger partial charge < -0.3 is 9.64 Å². The summed E-state index contributed by atoms with van der Waals surface area (Å²) in [6.07, 6.45) is 0. The van der Waals surface area contributed by atoms with E-state index in [0.717, 1.165) is 11.3 Å². The molecule has 0 spiro atoms. The van der Waals surface area contributed by atoms with Crippen molar-refractivity contribution in [2.24, 2.45) is 0 Å². The Kier molecular flexibility index (Phi) is 5.15. The molecule has 23 heavy (non-hydrogen) atoms. The third-order valence-corrected chi connectivity index (χ3v) is 3.37. The van der Waals surface area contributed by atoms with Crippen LogP contribution in [-0.4, -0.2) is 18.6 Å². The van der Waals surface area contributed by atoms with Crippen LogP contribution in [0.3, 0.4) is 0 Å². The minimum Gasteiger partial charge on any atom is -0.494 e. The van der Waals surface area contributed by atoms with Gasteiger partial charge in [-0.15, -0.1) is 0 Å². The van der Waals surface area contributed by atoms with E-state index in [-0.39, 0.29) is 11.3 Å². The second-order valence-electron chi connectivity index (χ2n) is 5.01. The Morgan fingerprint density at radius 1 is 1.26 bits per heavy atom. The smallest absolute Gasteiger partial charge is 0.293 e. The van der Waals surface area contributed by atoms with Crippen molar-refractivity contribution < 1.29 is 9.66 Å². The highest BCUT2D eigenvalue weighted by Gasteiger charge is 2.18. The first-order valence-corrected chi connectivity index (χ1v) is 7.16. The zero-order valence-corrected chi connectivity index (χ0v) is 13.0. The summed E-state index contributed by atoms with van der Waals surface area (Å²) in [6.45, 7) is 3.04. The number of anilines is 1. The molecular formula is C17H17N3O3. The first-order chi connectivity index (χ1) is 11.0. The molecule has 0 fully saturated rings. The topological polar surface area (TPSA) is 79.4 Å². The van der Waals surface area contributed by atoms with Gasteiger partial charge in [-0.1, -0.05) is 12.1 Å². The van der Waals surface area contributed by atoms with E-state index in [0.29, 0.717) is 18.8 Å². The van der Waals surface area contributed by atoms with Crippen LogP contribution in [0, 0.1) is 21.4 Å². The summed E-state index contributed by atoms with van der Waals surface area (Å²) in [5.41, 5.74) is 1.69. The number of ether oxygens (including phenoxy) is 1. The summed E-state index contributed by atoms with van der Waals surface area (Å²) >= 11 is 0. The SMILES string of the molecule is CCOc1ccc(CN(C)c2ccc(C#N)cc2[N+](=O)[O-])cc1. The van der Waals surface area contributed by atoms with E-state index in [2.05, 4.69) is 0 Å². The maximum Gasteiger partial charge on any atom is 0.293 e. The average Bonchev–Trinajstić information content (AvgIpc) is 2.56. The van der Waals surface area contributed by atoms with Gasteiger partial charge in [0, 0.05) is 19.7 Å². The van der Waals surface area contributed by atoms with Crippen molar-refractivity contribution in [3.05, 3.63) is 63.7 Å². The molecule has 0 bridgehead atoms. The standard InChI is InChI=1S/C17H17N3O3/c1-3-23-15-7-4-13(5-8-15)12-19(2)16-9-6-14(11-18)10-17(16)20(21)22/h4-10H,3,12H2,1-2H3.